The number of carboxylic acid groups (broad SMARTS) is 1. The lowest BCUT2D eigenvalue weighted by Gasteiger charge is -2.14. The molecule has 0 radical (unpaired) electrons. The Hall–Kier alpha value is -2.42. The van der Waals surface area contributed by atoms with Crippen LogP contribution in [0, 0.1) is 6.92 Å². The molecular formula is C25H20Cl4N2O4S. The van der Waals surface area contributed by atoms with Crippen molar-refractivity contribution < 1.29 is 19.5 Å². The lowest BCUT2D eigenvalue weighted by Crippen LogP contribution is -2.18. The molecule has 0 aliphatic heterocycles. The molecule has 0 saturated heterocycles. The molecule has 0 bridgehead atoms. The van der Waals surface area contributed by atoms with Crippen molar-refractivity contribution in [3.63, 3.8) is 0 Å². The lowest BCUT2D eigenvalue weighted by atomic mass is 10.1. The number of rotatable bonds is 8. The van der Waals surface area contributed by atoms with Crippen LogP contribution in [0.15, 0.2) is 47.4 Å². The highest BCUT2D eigenvalue weighted by atomic mass is 35.5. The molecule has 3 aromatic carbocycles. The minimum Gasteiger partial charge on any atom is -0.478 e. The second kappa shape index (κ2) is 12.2. The topological polar surface area (TPSA) is 95.5 Å². The number of carbonyl (C=O) groups excluding carboxylic acids is 2. The highest BCUT2D eigenvalue weighted by Crippen LogP contribution is 2.42. The van der Waals surface area contributed by atoms with Gasteiger partial charge in [-0.15, -0.1) is 11.8 Å². The number of aryl methyl sites for hydroxylation is 2. The van der Waals surface area contributed by atoms with E-state index in [2.05, 4.69) is 10.6 Å². The van der Waals surface area contributed by atoms with Crippen LogP contribution in [0.2, 0.25) is 20.1 Å². The third kappa shape index (κ3) is 6.28. The summed E-state index contributed by atoms with van der Waals surface area (Å²) in [4.78, 5) is 38.0. The number of thioether (sulfide) groups is 1. The first-order chi connectivity index (χ1) is 17.0. The van der Waals surface area contributed by atoms with Crippen LogP contribution < -0.4 is 10.6 Å². The Balaban J connectivity index is 1.75. The normalized spacial score (nSPS) is 10.7. The molecule has 0 aliphatic carbocycles. The summed E-state index contributed by atoms with van der Waals surface area (Å²) in [6, 6.07) is 12.6. The summed E-state index contributed by atoms with van der Waals surface area (Å²) >= 11 is 25.4. The maximum Gasteiger partial charge on any atom is 0.338 e. The molecule has 2 amide bonds. The SMILES string of the molecule is CCc1cccc(C)c1NC(=O)CSc1cccc(NC(=O)c2c(Cl)c(Cl)c(Cl)c(Cl)c2C(=O)O)c1. The van der Waals surface area contributed by atoms with E-state index in [4.69, 9.17) is 46.4 Å². The van der Waals surface area contributed by atoms with Crippen molar-refractivity contribution in [3.8, 4) is 0 Å². The molecule has 3 aromatic rings. The van der Waals surface area contributed by atoms with Gasteiger partial charge >= 0.3 is 5.97 Å². The number of carboxylic acids is 1. The van der Waals surface area contributed by atoms with Gasteiger partial charge in [-0.25, -0.2) is 4.79 Å². The van der Waals surface area contributed by atoms with Crippen molar-refractivity contribution in [1.82, 2.24) is 0 Å². The average Bonchev–Trinajstić information content (AvgIpc) is 2.84. The maximum atomic E-state index is 13.0. The number of hydrogen-bond acceptors (Lipinski definition) is 4. The molecular weight excluding hydrogens is 566 g/mol. The van der Waals surface area contributed by atoms with Gasteiger partial charge in [-0.05, 0) is 42.7 Å². The Morgan fingerprint density at radius 2 is 1.53 bits per heavy atom. The van der Waals surface area contributed by atoms with E-state index in [1.807, 2.05) is 32.0 Å². The smallest absolute Gasteiger partial charge is 0.338 e. The number of nitrogens with one attached hydrogen (secondary N) is 2. The predicted molar refractivity (Wildman–Crippen MR) is 148 cm³/mol. The zero-order valence-corrected chi connectivity index (χ0v) is 22.9. The molecule has 188 valence electrons. The number of carbonyl (C=O) groups is 3. The minimum absolute atomic E-state index is 0.145. The molecule has 36 heavy (non-hydrogen) atoms. The van der Waals surface area contributed by atoms with Crippen molar-refractivity contribution in [2.75, 3.05) is 16.4 Å². The van der Waals surface area contributed by atoms with Crippen LogP contribution in [0.1, 0.15) is 38.8 Å². The molecule has 0 unspecified atom stereocenters. The van der Waals surface area contributed by atoms with Crippen LogP contribution in [0.4, 0.5) is 11.4 Å². The first kappa shape index (κ1) is 28.2. The highest BCUT2D eigenvalue weighted by molar-refractivity contribution is 8.00. The van der Waals surface area contributed by atoms with Crippen LogP contribution in [0.5, 0.6) is 0 Å². The van der Waals surface area contributed by atoms with Gasteiger partial charge < -0.3 is 15.7 Å². The summed E-state index contributed by atoms with van der Waals surface area (Å²) < 4.78 is 0. The van der Waals surface area contributed by atoms with Gasteiger partial charge in [0.15, 0.2) is 0 Å². The summed E-state index contributed by atoms with van der Waals surface area (Å²) in [5.41, 5.74) is 2.24. The van der Waals surface area contributed by atoms with Gasteiger partial charge in [-0.3, -0.25) is 9.59 Å². The Morgan fingerprint density at radius 3 is 2.17 bits per heavy atom. The van der Waals surface area contributed by atoms with Crippen molar-refractivity contribution in [3.05, 3.63) is 84.8 Å². The van der Waals surface area contributed by atoms with Crippen molar-refractivity contribution in [2.45, 2.75) is 25.2 Å². The first-order valence-corrected chi connectivity index (χ1v) is 13.1. The van der Waals surface area contributed by atoms with E-state index in [-0.39, 0.29) is 31.8 Å². The number of anilines is 2. The van der Waals surface area contributed by atoms with Crippen molar-refractivity contribution in [2.24, 2.45) is 0 Å². The maximum absolute atomic E-state index is 13.0. The molecule has 0 aromatic heterocycles. The van der Waals surface area contributed by atoms with Crippen molar-refractivity contribution in [1.29, 1.82) is 0 Å². The van der Waals surface area contributed by atoms with E-state index >= 15 is 0 Å². The van der Waals surface area contributed by atoms with Gasteiger partial charge in [0.25, 0.3) is 5.91 Å². The molecule has 0 spiro atoms. The van der Waals surface area contributed by atoms with Gasteiger partial charge in [0.2, 0.25) is 5.91 Å². The number of para-hydroxylation sites is 1. The molecule has 0 atom stereocenters. The summed E-state index contributed by atoms with van der Waals surface area (Å²) in [5, 5.41) is 13.9. The van der Waals surface area contributed by atoms with E-state index in [0.717, 1.165) is 23.2 Å². The number of aromatic carboxylic acids is 1. The fourth-order valence-corrected chi connectivity index (χ4v) is 5.20. The van der Waals surface area contributed by atoms with E-state index in [0.29, 0.717) is 10.6 Å². The number of benzene rings is 3. The summed E-state index contributed by atoms with van der Waals surface area (Å²) in [7, 11) is 0. The minimum atomic E-state index is -1.49. The fraction of sp³-hybridized carbons (Fsp3) is 0.160. The zero-order chi connectivity index (χ0) is 26.6. The van der Waals surface area contributed by atoms with Crippen LogP contribution >= 0.6 is 58.2 Å². The molecule has 3 rings (SSSR count). The van der Waals surface area contributed by atoms with Gasteiger partial charge in [-0.2, -0.15) is 0 Å². The standard InChI is InChI=1S/C25H20Cl4N2O4S/c1-3-13-7-4-6-12(2)23(13)31-16(32)11-36-15-9-5-8-14(10-15)30-24(33)17-18(25(34)35)20(27)22(29)21(28)19(17)26/h4-10H,3,11H2,1-2H3,(H,30,33)(H,31,32)(H,34,35). The van der Waals surface area contributed by atoms with Crippen LogP contribution in [-0.4, -0.2) is 28.6 Å². The Morgan fingerprint density at radius 1 is 0.889 bits per heavy atom. The van der Waals surface area contributed by atoms with Gasteiger partial charge in [0.05, 0.1) is 37.0 Å². The van der Waals surface area contributed by atoms with Crippen LogP contribution in [0.25, 0.3) is 0 Å². The van der Waals surface area contributed by atoms with Crippen LogP contribution in [0.3, 0.4) is 0 Å². The number of hydrogen-bond donors (Lipinski definition) is 3. The second-order valence-corrected chi connectivity index (χ2v) is 10.2. The highest BCUT2D eigenvalue weighted by Gasteiger charge is 2.29. The van der Waals surface area contributed by atoms with E-state index in [1.54, 1.807) is 24.3 Å². The number of amides is 2. The van der Waals surface area contributed by atoms with Gasteiger partial charge in [-0.1, -0.05) is 77.6 Å². The summed E-state index contributed by atoms with van der Waals surface area (Å²) in [6.07, 6.45) is 0.795. The molecule has 0 heterocycles. The molecule has 0 fully saturated rings. The zero-order valence-electron chi connectivity index (χ0n) is 19.0. The molecule has 11 heteroatoms. The predicted octanol–water partition coefficient (Wildman–Crippen LogP) is 7.85. The number of halogens is 4. The summed E-state index contributed by atoms with van der Waals surface area (Å²) in [6.45, 7) is 3.97. The third-order valence-corrected chi connectivity index (χ3v) is 7.97. The Labute approximate surface area is 232 Å². The quantitative estimate of drug-likeness (QED) is 0.142. The fourth-order valence-electron chi connectivity index (χ4n) is 3.43. The molecule has 0 saturated carbocycles. The average molecular weight is 586 g/mol. The Kier molecular flexibility index (Phi) is 9.55. The van der Waals surface area contributed by atoms with E-state index in [9.17, 15) is 19.5 Å². The van der Waals surface area contributed by atoms with Crippen molar-refractivity contribution >= 4 is 87.3 Å². The molecule has 3 N–H and O–H groups in total. The monoisotopic (exact) mass is 584 g/mol. The Bertz CT molecular complexity index is 1360. The second-order valence-electron chi connectivity index (χ2n) is 7.59. The largest absolute Gasteiger partial charge is 0.478 e. The van der Waals surface area contributed by atoms with Gasteiger partial charge in [0.1, 0.15) is 0 Å². The molecule has 0 aliphatic rings. The van der Waals surface area contributed by atoms with E-state index < -0.39 is 23.0 Å². The van der Waals surface area contributed by atoms with Gasteiger partial charge in [0, 0.05) is 16.3 Å². The first-order valence-electron chi connectivity index (χ1n) is 10.6. The third-order valence-electron chi connectivity index (χ3n) is 5.17. The molecule has 6 nitrogen and oxygen atoms in total. The summed E-state index contributed by atoms with van der Waals surface area (Å²) in [5.74, 6) is -2.33. The van der Waals surface area contributed by atoms with E-state index in [1.165, 1.54) is 11.8 Å². The van der Waals surface area contributed by atoms with Crippen LogP contribution in [-0.2, 0) is 11.2 Å². The lowest BCUT2D eigenvalue weighted by molar-refractivity contribution is -0.113.